The molecule has 0 N–H and O–H groups in total. The lowest BCUT2D eigenvalue weighted by atomic mass is 10.2. The van der Waals surface area contributed by atoms with Gasteiger partial charge in [-0.15, -0.1) is 0 Å². The minimum atomic E-state index is -0.559. The van der Waals surface area contributed by atoms with E-state index in [1.165, 1.54) is 0 Å². The summed E-state index contributed by atoms with van der Waals surface area (Å²) in [6.45, 7) is 8.05. The molecule has 0 saturated carbocycles. The van der Waals surface area contributed by atoms with Crippen molar-refractivity contribution < 1.29 is 19.0 Å². The lowest BCUT2D eigenvalue weighted by Gasteiger charge is -2.15. The van der Waals surface area contributed by atoms with Crippen LogP contribution in [-0.2, 0) is 19.0 Å². The van der Waals surface area contributed by atoms with Crippen LogP contribution in [0.2, 0.25) is 0 Å². The van der Waals surface area contributed by atoms with Crippen molar-refractivity contribution in [2.75, 3.05) is 13.2 Å². The molecule has 0 aliphatic carbocycles. The van der Waals surface area contributed by atoms with E-state index in [2.05, 4.69) is 0 Å². The van der Waals surface area contributed by atoms with Gasteiger partial charge in [-0.25, -0.2) is 4.79 Å². The maximum absolute atomic E-state index is 11.3. The molecule has 1 heterocycles. The highest BCUT2D eigenvalue weighted by molar-refractivity contribution is 5.87. The molecule has 4 nitrogen and oxygen atoms in total. The summed E-state index contributed by atoms with van der Waals surface area (Å²) < 4.78 is 15.8. The number of esters is 1. The summed E-state index contributed by atoms with van der Waals surface area (Å²) in [6.07, 6.45) is 1.58. The van der Waals surface area contributed by atoms with Crippen LogP contribution in [0.15, 0.2) is 11.6 Å². The summed E-state index contributed by atoms with van der Waals surface area (Å²) in [5.74, 6) is -0.860. The fraction of sp³-hybridized carbons (Fsp3) is 0.727. The summed E-state index contributed by atoms with van der Waals surface area (Å²) in [6, 6.07) is 0. The number of rotatable bonds is 3. The second kappa shape index (κ2) is 4.77. The third-order valence-corrected chi connectivity index (χ3v) is 2.06. The molecule has 0 spiro atoms. The Labute approximate surface area is 90.2 Å². The Morgan fingerprint density at radius 1 is 1.60 bits per heavy atom. The van der Waals surface area contributed by atoms with Crippen molar-refractivity contribution in [2.45, 2.75) is 39.6 Å². The molecule has 0 unspecified atom stereocenters. The van der Waals surface area contributed by atoms with Crippen molar-refractivity contribution in [1.82, 2.24) is 0 Å². The van der Waals surface area contributed by atoms with Crippen molar-refractivity contribution in [3.05, 3.63) is 11.6 Å². The minimum absolute atomic E-state index is 0.163. The van der Waals surface area contributed by atoms with E-state index >= 15 is 0 Å². The molecule has 0 bridgehead atoms. The van der Waals surface area contributed by atoms with Gasteiger partial charge in [0.2, 0.25) is 0 Å². The zero-order valence-corrected chi connectivity index (χ0v) is 9.70. The van der Waals surface area contributed by atoms with Crippen LogP contribution in [0.3, 0.4) is 0 Å². The Morgan fingerprint density at radius 3 is 2.73 bits per heavy atom. The fourth-order valence-corrected chi connectivity index (χ4v) is 1.39. The van der Waals surface area contributed by atoms with Gasteiger partial charge in [-0.1, -0.05) is 0 Å². The van der Waals surface area contributed by atoms with Crippen LogP contribution in [0, 0.1) is 0 Å². The highest BCUT2D eigenvalue weighted by Gasteiger charge is 2.31. The van der Waals surface area contributed by atoms with E-state index in [1.54, 1.807) is 19.9 Å². The molecule has 86 valence electrons. The molecule has 1 atom stereocenters. The maximum atomic E-state index is 11.3. The van der Waals surface area contributed by atoms with Crippen LogP contribution >= 0.6 is 0 Å². The minimum Gasteiger partial charge on any atom is -0.463 e. The van der Waals surface area contributed by atoms with Gasteiger partial charge < -0.3 is 14.2 Å². The van der Waals surface area contributed by atoms with Gasteiger partial charge >= 0.3 is 5.97 Å². The first kappa shape index (κ1) is 12.2. The van der Waals surface area contributed by atoms with Crippen molar-refractivity contribution in [3.63, 3.8) is 0 Å². The van der Waals surface area contributed by atoms with Gasteiger partial charge in [-0.05, 0) is 33.8 Å². The van der Waals surface area contributed by atoms with Crippen LogP contribution in [0.25, 0.3) is 0 Å². The average molecular weight is 214 g/mol. The monoisotopic (exact) mass is 214 g/mol. The Morgan fingerprint density at radius 2 is 2.27 bits per heavy atom. The van der Waals surface area contributed by atoms with Gasteiger partial charge in [-0.2, -0.15) is 0 Å². The highest BCUT2D eigenvalue weighted by atomic mass is 16.7. The Kier molecular flexibility index (Phi) is 3.88. The summed E-state index contributed by atoms with van der Waals surface area (Å²) in [7, 11) is 0. The fourth-order valence-electron chi connectivity index (χ4n) is 1.39. The molecule has 1 aliphatic rings. The van der Waals surface area contributed by atoms with Gasteiger partial charge in [-0.3, -0.25) is 0 Å². The predicted molar refractivity (Wildman–Crippen MR) is 55.3 cm³/mol. The van der Waals surface area contributed by atoms with E-state index in [1.807, 2.05) is 13.8 Å². The molecule has 4 heteroatoms. The number of ether oxygens (including phenoxy) is 3. The van der Waals surface area contributed by atoms with Gasteiger partial charge in [0.25, 0.3) is 0 Å². The van der Waals surface area contributed by atoms with Crippen molar-refractivity contribution >= 4 is 5.97 Å². The summed E-state index contributed by atoms with van der Waals surface area (Å²) in [5.41, 5.74) is 0.558. The zero-order chi connectivity index (χ0) is 11.5. The van der Waals surface area contributed by atoms with Crippen LogP contribution < -0.4 is 0 Å². The first-order chi connectivity index (χ1) is 6.94. The molecule has 0 radical (unpaired) electrons. The lowest BCUT2D eigenvalue weighted by molar-refractivity contribution is -0.139. The third kappa shape index (κ3) is 3.64. The smallest absolute Gasteiger partial charge is 0.333 e. The Bertz CT molecular complexity index is 268. The van der Waals surface area contributed by atoms with E-state index in [9.17, 15) is 4.79 Å². The van der Waals surface area contributed by atoms with Crippen molar-refractivity contribution in [3.8, 4) is 0 Å². The second-order valence-corrected chi connectivity index (χ2v) is 3.94. The zero-order valence-electron chi connectivity index (χ0n) is 9.70. The average Bonchev–Trinajstić information content (AvgIpc) is 2.46. The Balaban J connectivity index is 2.53. The van der Waals surface area contributed by atoms with E-state index in [0.717, 1.165) is 0 Å². The molecule has 1 saturated heterocycles. The molecule has 0 aromatic heterocycles. The topological polar surface area (TPSA) is 44.8 Å². The first-order valence-electron chi connectivity index (χ1n) is 5.12. The van der Waals surface area contributed by atoms with Crippen molar-refractivity contribution in [2.24, 2.45) is 0 Å². The van der Waals surface area contributed by atoms with Crippen LogP contribution in [0.5, 0.6) is 0 Å². The molecular weight excluding hydrogens is 196 g/mol. The van der Waals surface area contributed by atoms with Gasteiger partial charge in [0.1, 0.15) is 6.10 Å². The molecule has 0 amide bonds. The highest BCUT2D eigenvalue weighted by Crippen LogP contribution is 2.23. The third-order valence-electron chi connectivity index (χ3n) is 2.06. The van der Waals surface area contributed by atoms with E-state index < -0.39 is 5.79 Å². The second-order valence-electron chi connectivity index (χ2n) is 3.94. The number of hydrogen-bond donors (Lipinski definition) is 0. The van der Waals surface area contributed by atoms with Gasteiger partial charge in [0.05, 0.1) is 13.2 Å². The molecule has 15 heavy (non-hydrogen) atoms. The first-order valence-corrected chi connectivity index (χ1v) is 5.12. The van der Waals surface area contributed by atoms with E-state index in [4.69, 9.17) is 14.2 Å². The standard InChI is InChI=1S/C11H18O4/c1-5-13-10(12)8(2)6-9-7-14-11(3,4)15-9/h6,9H,5,7H2,1-4H3/t9-/m0/s1. The number of carbonyl (C=O) groups excluding carboxylic acids is 1. The summed E-state index contributed by atoms with van der Waals surface area (Å²) >= 11 is 0. The molecular formula is C11H18O4. The summed E-state index contributed by atoms with van der Waals surface area (Å²) in [5, 5.41) is 0. The summed E-state index contributed by atoms with van der Waals surface area (Å²) in [4.78, 5) is 11.3. The lowest BCUT2D eigenvalue weighted by Crippen LogP contribution is -2.21. The predicted octanol–water partition coefficient (Wildman–Crippen LogP) is 1.65. The van der Waals surface area contributed by atoms with Crippen LogP contribution in [0.1, 0.15) is 27.7 Å². The van der Waals surface area contributed by atoms with Gasteiger partial charge in [0.15, 0.2) is 5.79 Å². The molecule has 1 fully saturated rings. The maximum Gasteiger partial charge on any atom is 0.333 e. The largest absolute Gasteiger partial charge is 0.463 e. The van der Waals surface area contributed by atoms with Gasteiger partial charge in [0, 0.05) is 5.57 Å². The number of carbonyl (C=O) groups is 1. The SMILES string of the molecule is CCOC(=O)C(C)=C[C@H]1COC(C)(C)O1. The van der Waals surface area contributed by atoms with Crippen LogP contribution in [-0.4, -0.2) is 31.1 Å². The number of hydrogen-bond acceptors (Lipinski definition) is 4. The quantitative estimate of drug-likeness (QED) is 0.529. The normalized spacial score (nSPS) is 25.3. The molecule has 0 aromatic rings. The Hall–Kier alpha value is -0.870. The van der Waals surface area contributed by atoms with E-state index in [-0.39, 0.29) is 12.1 Å². The molecule has 1 aliphatic heterocycles. The van der Waals surface area contributed by atoms with Crippen molar-refractivity contribution in [1.29, 1.82) is 0 Å². The molecule has 0 aromatic carbocycles. The van der Waals surface area contributed by atoms with Crippen LogP contribution in [0.4, 0.5) is 0 Å². The molecule has 1 rings (SSSR count). The van der Waals surface area contributed by atoms with E-state index in [0.29, 0.717) is 18.8 Å².